The lowest BCUT2D eigenvalue weighted by Crippen LogP contribution is -2.48. The number of primary amides is 1. The number of nitrogens with zero attached hydrogens (tertiary/aromatic N) is 1. The van der Waals surface area contributed by atoms with Gasteiger partial charge in [0.15, 0.2) is 0 Å². The average molecular weight is 450 g/mol. The summed E-state index contributed by atoms with van der Waals surface area (Å²) in [6, 6.07) is 9.03. The Hall–Kier alpha value is -2.96. The van der Waals surface area contributed by atoms with Gasteiger partial charge in [-0.25, -0.2) is 9.78 Å². The molecule has 1 atom stereocenters. The van der Waals surface area contributed by atoms with Crippen molar-refractivity contribution < 1.29 is 19.1 Å². The maximum absolute atomic E-state index is 13.2. The monoisotopic (exact) mass is 449 g/mol. The van der Waals surface area contributed by atoms with Gasteiger partial charge in [-0.2, -0.15) is 0 Å². The summed E-state index contributed by atoms with van der Waals surface area (Å²) in [5, 5.41) is 3.84. The van der Waals surface area contributed by atoms with Crippen molar-refractivity contribution in [2.24, 2.45) is 23.5 Å². The van der Waals surface area contributed by atoms with E-state index in [1.165, 1.54) is 51.2 Å². The van der Waals surface area contributed by atoms with E-state index in [2.05, 4.69) is 16.4 Å². The van der Waals surface area contributed by atoms with Gasteiger partial charge in [0.2, 0.25) is 5.91 Å². The van der Waals surface area contributed by atoms with Crippen LogP contribution < -0.4 is 11.1 Å². The van der Waals surface area contributed by atoms with Gasteiger partial charge < -0.3 is 15.8 Å². The minimum atomic E-state index is -0.953. The molecule has 1 aromatic heterocycles. The summed E-state index contributed by atoms with van der Waals surface area (Å²) in [6.07, 6.45) is 7.63. The third kappa shape index (κ3) is 4.09. The molecule has 1 aromatic carbocycles. The molecule has 0 spiro atoms. The van der Waals surface area contributed by atoms with Crippen molar-refractivity contribution in [3.63, 3.8) is 0 Å². The van der Waals surface area contributed by atoms with Gasteiger partial charge in [0.25, 0.3) is 5.91 Å². The number of para-hydroxylation sites is 1. The molecular weight excluding hydrogens is 418 g/mol. The third-order valence-corrected chi connectivity index (χ3v) is 8.03. The average Bonchev–Trinajstić information content (AvgIpc) is 2.79. The fourth-order valence-electron chi connectivity index (χ4n) is 7.08. The zero-order chi connectivity index (χ0) is 23.2. The van der Waals surface area contributed by atoms with Gasteiger partial charge in [0, 0.05) is 11.8 Å². The Morgan fingerprint density at radius 2 is 1.76 bits per heavy atom. The molecule has 6 rings (SSSR count). The number of aromatic nitrogens is 1. The van der Waals surface area contributed by atoms with E-state index in [-0.39, 0.29) is 18.3 Å². The van der Waals surface area contributed by atoms with Crippen LogP contribution in [0.1, 0.15) is 67.4 Å². The first-order valence-electron chi connectivity index (χ1n) is 11.9. The van der Waals surface area contributed by atoms with Crippen molar-refractivity contribution in [1.82, 2.24) is 10.3 Å². The van der Waals surface area contributed by atoms with E-state index in [1.54, 1.807) is 0 Å². The summed E-state index contributed by atoms with van der Waals surface area (Å²) < 4.78 is 4.81. The normalized spacial score (nSPS) is 28.5. The van der Waals surface area contributed by atoms with Crippen LogP contribution in [-0.4, -0.2) is 35.9 Å². The molecule has 7 nitrogen and oxygen atoms in total. The molecule has 4 fully saturated rings. The number of hydrogen-bond donors (Lipinski definition) is 2. The summed E-state index contributed by atoms with van der Waals surface area (Å²) in [4.78, 5) is 41.3. The van der Waals surface area contributed by atoms with E-state index in [1.807, 2.05) is 24.3 Å². The predicted octanol–water partition coefficient (Wildman–Crippen LogP) is 3.24. The lowest BCUT2D eigenvalue weighted by Gasteiger charge is -2.57. The first kappa shape index (κ1) is 21.9. The number of esters is 1. The van der Waals surface area contributed by atoms with E-state index in [0.29, 0.717) is 5.69 Å². The Bertz CT molecular complexity index is 1080. The number of hydrogen-bond acceptors (Lipinski definition) is 5. The van der Waals surface area contributed by atoms with Crippen LogP contribution in [0.4, 0.5) is 0 Å². The molecule has 2 amide bonds. The van der Waals surface area contributed by atoms with Gasteiger partial charge in [0.05, 0.1) is 12.6 Å². The summed E-state index contributed by atoms with van der Waals surface area (Å²) in [5.74, 6) is 0.748. The largest absolute Gasteiger partial charge is 0.467 e. The predicted molar refractivity (Wildman–Crippen MR) is 123 cm³/mol. The molecule has 0 unspecified atom stereocenters. The number of rotatable bonds is 7. The maximum atomic E-state index is 13.2. The zero-order valence-corrected chi connectivity index (χ0v) is 19.0. The molecule has 4 aliphatic carbocycles. The van der Waals surface area contributed by atoms with Gasteiger partial charge >= 0.3 is 5.97 Å². The maximum Gasteiger partial charge on any atom is 0.328 e. The molecule has 0 saturated heterocycles. The first-order valence-corrected chi connectivity index (χ1v) is 11.9. The fraction of sp³-hybridized carbons (Fsp3) is 0.538. The van der Waals surface area contributed by atoms with Crippen molar-refractivity contribution in [3.8, 4) is 0 Å². The Kier molecular flexibility index (Phi) is 5.59. The third-order valence-electron chi connectivity index (χ3n) is 8.03. The van der Waals surface area contributed by atoms with E-state index in [0.717, 1.165) is 28.7 Å². The molecule has 2 aromatic rings. The van der Waals surface area contributed by atoms with Crippen molar-refractivity contribution in [2.75, 3.05) is 7.11 Å². The highest BCUT2D eigenvalue weighted by molar-refractivity contribution is 5.98. The smallest absolute Gasteiger partial charge is 0.328 e. The van der Waals surface area contributed by atoms with Crippen molar-refractivity contribution in [2.45, 2.75) is 62.8 Å². The minimum absolute atomic E-state index is 0.0241. The summed E-state index contributed by atoms with van der Waals surface area (Å²) >= 11 is 0. The van der Waals surface area contributed by atoms with Gasteiger partial charge in [-0.15, -0.1) is 0 Å². The summed E-state index contributed by atoms with van der Waals surface area (Å²) in [6.45, 7) is 0. The number of nitrogens with two attached hydrogens (primary N) is 1. The van der Waals surface area contributed by atoms with Crippen molar-refractivity contribution in [3.05, 3.63) is 41.6 Å². The van der Waals surface area contributed by atoms with Gasteiger partial charge in [-0.1, -0.05) is 18.2 Å². The van der Waals surface area contributed by atoms with Crippen LogP contribution in [0.15, 0.2) is 30.3 Å². The number of benzene rings is 1. The standard InChI is InChI=1S/C26H31N3O4/c1-33-25(32)21(6-7-23(27)30)29-24(31)22-11-19(18-4-2-3-5-20(18)28-22)26-12-15-8-16(13-26)10-17(9-15)14-26/h2-5,11,15-17,21H,6-10,12-14H2,1H3,(H2,27,30)(H,29,31)/t15?,16?,17?,21-,26?/m0/s1. The SMILES string of the molecule is COC(=O)[C@H](CCC(N)=O)NC(=O)c1cc(C23CC4CC(CC(C4)C2)C3)c2ccccc2n1. The van der Waals surface area contributed by atoms with Crippen LogP contribution >= 0.6 is 0 Å². The van der Waals surface area contributed by atoms with Gasteiger partial charge in [0.1, 0.15) is 11.7 Å². The number of nitrogens with one attached hydrogen (secondary N) is 1. The molecule has 0 radical (unpaired) electrons. The van der Waals surface area contributed by atoms with Crippen LogP contribution in [0.5, 0.6) is 0 Å². The Labute approximate surface area is 193 Å². The highest BCUT2D eigenvalue weighted by Gasteiger charge is 2.52. The molecule has 4 aliphatic rings. The van der Waals surface area contributed by atoms with Gasteiger partial charge in [-0.3, -0.25) is 9.59 Å². The molecule has 4 bridgehead atoms. The Morgan fingerprint density at radius 1 is 1.12 bits per heavy atom. The highest BCUT2D eigenvalue weighted by Crippen LogP contribution is 2.61. The minimum Gasteiger partial charge on any atom is -0.467 e. The number of carbonyl (C=O) groups excluding carboxylic acids is 3. The number of ether oxygens (including phenoxy) is 1. The molecule has 0 aliphatic heterocycles. The first-order chi connectivity index (χ1) is 15.9. The molecule has 33 heavy (non-hydrogen) atoms. The topological polar surface area (TPSA) is 111 Å². The van der Waals surface area contributed by atoms with E-state index >= 15 is 0 Å². The van der Waals surface area contributed by atoms with E-state index in [4.69, 9.17) is 10.5 Å². The molecule has 1 heterocycles. The second kappa shape index (κ2) is 8.43. The number of pyridine rings is 1. The zero-order valence-electron chi connectivity index (χ0n) is 19.0. The Balaban J connectivity index is 1.50. The quantitative estimate of drug-likeness (QED) is 0.631. The highest BCUT2D eigenvalue weighted by atomic mass is 16.5. The fourth-order valence-corrected chi connectivity index (χ4v) is 7.08. The number of fused-ring (bicyclic) bond motifs is 1. The summed E-state index contributed by atoms with van der Waals surface area (Å²) in [7, 11) is 1.26. The number of amides is 2. The van der Waals surface area contributed by atoms with Crippen LogP contribution in [0, 0.1) is 17.8 Å². The molecule has 3 N–H and O–H groups in total. The van der Waals surface area contributed by atoms with Crippen LogP contribution in [0.25, 0.3) is 10.9 Å². The Morgan fingerprint density at radius 3 is 2.36 bits per heavy atom. The molecule has 174 valence electrons. The lowest BCUT2D eigenvalue weighted by molar-refractivity contribution is -0.143. The van der Waals surface area contributed by atoms with E-state index in [9.17, 15) is 14.4 Å². The number of methoxy groups -OCH3 is 1. The molecular formula is C26H31N3O4. The summed E-state index contributed by atoms with van der Waals surface area (Å²) in [5.41, 5.74) is 7.65. The van der Waals surface area contributed by atoms with Crippen LogP contribution in [0.3, 0.4) is 0 Å². The van der Waals surface area contributed by atoms with Crippen molar-refractivity contribution in [1.29, 1.82) is 0 Å². The van der Waals surface area contributed by atoms with Crippen molar-refractivity contribution >= 4 is 28.7 Å². The molecule has 4 saturated carbocycles. The van der Waals surface area contributed by atoms with E-state index < -0.39 is 23.8 Å². The van der Waals surface area contributed by atoms with Crippen LogP contribution in [0.2, 0.25) is 0 Å². The molecule has 7 heteroatoms. The second-order valence-corrected chi connectivity index (χ2v) is 10.3. The number of carbonyl (C=O) groups is 3. The van der Waals surface area contributed by atoms with Gasteiger partial charge in [-0.05, 0) is 85.8 Å². The second-order valence-electron chi connectivity index (χ2n) is 10.3. The van der Waals surface area contributed by atoms with Crippen LogP contribution in [-0.2, 0) is 19.7 Å². The lowest BCUT2D eigenvalue weighted by atomic mass is 9.48.